The van der Waals surface area contributed by atoms with Crippen LogP contribution in [-0.4, -0.2) is 23.9 Å². The fourth-order valence-electron chi connectivity index (χ4n) is 2.59. The molecule has 0 radical (unpaired) electrons. The number of piperidine rings is 1. The van der Waals surface area contributed by atoms with Gasteiger partial charge in [0.05, 0.1) is 6.04 Å². The van der Waals surface area contributed by atoms with Crippen LogP contribution in [-0.2, 0) is 4.79 Å². The van der Waals surface area contributed by atoms with Crippen LogP contribution in [0.15, 0.2) is 10.6 Å². The van der Waals surface area contributed by atoms with Gasteiger partial charge in [-0.1, -0.05) is 22.9 Å². The van der Waals surface area contributed by atoms with Crippen LogP contribution in [0, 0.1) is 11.8 Å². The van der Waals surface area contributed by atoms with Crippen LogP contribution >= 0.6 is 15.9 Å². The van der Waals surface area contributed by atoms with E-state index in [2.05, 4.69) is 22.9 Å². The number of likely N-dealkylation sites (tertiary alicyclic amines) is 1. The van der Waals surface area contributed by atoms with Crippen molar-refractivity contribution in [2.24, 2.45) is 11.8 Å². The third-order valence-corrected chi connectivity index (χ3v) is 4.00. The summed E-state index contributed by atoms with van der Waals surface area (Å²) in [6.07, 6.45) is 1.83. The number of rotatable bonds is 0. The smallest absolute Gasteiger partial charge is 0.223 e. The number of halogens is 1. The highest BCUT2D eigenvalue weighted by Crippen LogP contribution is 2.45. The van der Waals surface area contributed by atoms with E-state index < -0.39 is 0 Å². The molecular weight excluding hydrogens is 230 g/mol. The number of likely N-dealkylation sites (N-methyl/N-ethyl adjacent to an activating group) is 1. The Hall–Kier alpha value is -0.310. The molecule has 2 unspecified atom stereocenters. The van der Waals surface area contributed by atoms with Crippen molar-refractivity contribution in [1.82, 2.24) is 4.90 Å². The number of hydrogen-bond donors (Lipinski definition) is 0. The Morgan fingerprint density at radius 1 is 1.62 bits per heavy atom. The third kappa shape index (κ3) is 1.25. The predicted molar refractivity (Wildman–Crippen MR) is 55.5 cm³/mol. The molecule has 1 saturated carbocycles. The number of carbonyl (C=O) groups excluding carboxylic acids is 1. The minimum Gasteiger partial charge on any atom is -0.339 e. The first-order valence-electron chi connectivity index (χ1n) is 4.71. The fraction of sp³-hybridized carbons (Fsp3) is 0.700. The van der Waals surface area contributed by atoms with Crippen LogP contribution in [0.2, 0.25) is 0 Å². The van der Waals surface area contributed by atoms with Gasteiger partial charge in [0, 0.05) is 13.5 Å². The summed E-state index contributed by atoms with van der Waals surface area (Å²) in [5.74, 6) is 1.45. The van der Waals surface area contributed by atoms with E-state index in [9.17, 15) is 4.79 Å². The Bertz CT molecular complexity index is 274. The summed E-state index contributed by atoms with van der Waals surface area (Å²) in [7, 11) is 1.91. The maximum atomic E-state index is 11.5. The van der Waals surface area contributed by atoms with Gasteiger partial charge in [0.1, 0.15) is 0 Å². The van der Waals surface area contributed by atoms with Crippen LogP contribution in [0.3, 0.4) is 0 Å². The molecule has 2 bridgehead atoms. The van der Waals surface area contributed by atoms with Gasteiger partial charge in [-0.2, -0.15) is 0 Å². The van der Waals surface area contributed by atoms with Crippen LogP contribution in [0.4, 0.5) is 0 Å². The quantitative estimate of drug-likeness (QED) is 0.639. The zero-order chi connectivity index (χ0) is 9.59. The second-order valence-corrected chi connectivity index (χ2v) is 4.61. The monoisotopic (exact) mass is 243 g/mol. The first kappa shape index (κ1) is 9.25. The van der Waals surface area contributed by atoms with Crippen molar-refractivity contribution in [2.75, 3.05) is 7.05 Å². The Kier molecular flexibility index (Phi) is 2.22. The van der Waals surface area contributed by atoms with E-state index >= 15 is 0 Å². The second kappa shape index (κ2) is 3.12. The summed E-state index contributed by atoms with van der Waals surface area (Å²) in [5.41, 5.74) is 1.41. The van der Waals surface area contributed by atoms with E-state index in [0.29, 0.717) is 30.2 Å². The third-order valence-electron chi connectivity index (χ3n) is 3.48. The number of carbonyl (C=O) groups is 1. The maximum absolute atomic E-state index is 11.5. The zero-order valence-corrected chi connectivity index (χ0v) is 9.54. The molecule has 0 aromatic rings. The molecule has 72 valence electrons. The number of amides is 1. The first-order valence-corrected chi connectivity index (χ1v) is 5.62. The summed E-state index contributed by atoms with van der Waals surface area (Å²) in [5, 5.41) is 0. The molecule has 2 nitrogen and oxygen atoms in total. The molecule has 1 aliphatic heterocycles. The molecule has 2 aliphatic rings. The minimum atomic E-state index is 0.303. The highest BCUT2D eigenvalue weighted by molar-refractivity contribution is 9.11. The summed E-state index contributed by atoms with van der Waals surface area (Å²) < 4.78 is 0. The van der Waals surface area contributed by atoms with Gasteiger partial charge < -0.3 is 4.90 Å². The highest BCUT2D eigenvalue weighted by atomic mass is 79.9. The number of nitrogens with zero attached hydrogens (tertiary/aromatic N) is 1. The molecule has 1 aliphatic carbocycles. The lowest BCUT2D eigenvalue weighted by atomic mass is 9.89. The second-order valence-electron chi connectivity index (χ2n) is 4.15. The molecule has 0 aromatic heterocycles. The normalized spacial score (nSPS) is 41.8. The van der Waals surface area contributed by atoms with E-state index in [0.717, 1.165) is 6.42 Å². The minimum absolute atomic E-state index is 0.303. The van der Waals surface area contributed by atoms with Gasteiger partial charge in [-0.15, -0.1) is 0 Å². The zero-order valence-electron chi connectivity index (χ0n) is 7.96. The van der Waals surface area contributed by atoms with Crippen molar-refractivity contribution in [1.29, 1.82) is 0 Å². The number of fused-ring (bicyclic) bond motifs is 2. The van der Waals surface area contributed by atoms with Crippen LogP contribution in [0.25, 0.3) is 0 Å². The van der Waals surface area contributed by atoms with Gasteiger partial charge >= 0.3 is 0 Å². The van der Waals surface area contributed by atoms with Crippen LogP contribution in [0.5, 0.6) is 0 Å². The van der Waals surface area contributed by atoms with E-state index in [1.165, 1.54) is 5.57 Å². The van der Waals surface area contributed by atoms with Crippen molar-refractivity contribution >= 4 is 21.8 Å². The van der Waals surface area contributed by atoms with Gasteiger partial charge in [-0.05, 0) is 28.8 Å². The molecule has 2 rings (SSSR count). The topological polar surface area (TPSA) is 20.3 Å². The molecule has 0 N–H and O–H groups in total. The highest BCUT2D eigenvalue weighted by Gasteiger charge is 2.44. The average Bonchev–Trinajstić information content (AvgIpc) is 2.36. The molecule has 0 aromatic carbocycles. The number of hydrogen-bond acceptors (Lipinski definition) is 1. The fourth-order valence-corrected chi connectivity index (χ4v) is 3.23. The molecule has 1 heterocycles. The van der Waals surface area contributed by atoms with E-state index in [4.69, 9.17) is 0 Å². The SMILES string of the molecule is C[C@@H]1CC2C(=CBr)C1CC(=O)N2C. The molecule has 3 atom stereocenters. The largest absolute Gasteiger partial charge is 0.339 e. The summed E-state index contributed by atoms with van der Waals surface area (Å²) in [6.45, 7) is 2.24. The van der Waals surface area contributed by atoms with E-state index in [1.54, 1.807) is 0 Å². The molecule has 13 heavy (non-hydrogen) atoms. The van der Waals surface area contributed by atoms with Crippen molar-refractivity contribution in [2.45, 2.75) is 25.8 Å². The van der Waals surface area contributed by atoms with Gasteiger partial charge in [0.2, 0.25) is 5.91 Å². The summed E-state index contributed by atoms with van der Waals surface area (Å²) in [6, 6.07) is 0.362. The van der Waals surface area contributed by atoms with Crippen molar-refractivity contribution < 1.29 is 4.79 Å². The van der Waals surface area contributed by atoms with E-state index in [-0.39, 0.29) is 0 Å². The lowest BCUT2D eigenvalue weighted by molar-refractivity contribution is -0.132. The molecule has 0 spiro atoms. The summed E-state index contributed by atoms with van der Waals surface area (Å²) >= 11 is 3.41. The Balaban J connectivity index is 2.35. The molecule has 1 saturated heterocycles. The lowest BCUT2D eigenvalue weighted by Gasteiger charge is -2.32. The Morgan fingerprint density at radius 3 is 2.92 bits per heavy atom. The van der Waals surface area contributed by atoms with Gasteiger partial charge in [-0.25, -0.2) is 0 Å². The molecular formula is C10H14BrNO. The lowest BCUT2D eigenvalue weighted by Crippen LogP contribution is -2.40. The Morgan fingerprint density at radius 2 is 2.31 bits per heavy atom. The van der Waals surface area contributed by atoms with Crippen molar-refractivity contribution in [3.8, 4) is 0 Å². The van der Waals surface area contributed by atoms with Crippen LogP contribution < -0.4 is 0 Å². The molecule has 3 heteroatoms. The van der Waals surface area contributed by atoms with Crippen molar-refractivity contribution in [3.63, 3.8) is 0 Å². The standard InChI is InChI=1S/C10H14BrNO/c1-6-3-9-8(5-11)7(6)4-10(13)12(9)2/h5-7,9H,3-4H2,1-2H3/t6-,7?,9?/m1/s1. The van der Waals surface area contributed by atoms with Gasteiger partial charge in [0.15, 0.2) is 0 Å². The molecule has 1 amide bonds. The van der Waals surface area contributed by atoms with Gasteiger partial charge in [-0.3, -0.25) is 4.79 Å². The van der Waals surface area contributed by atoms with Crippen LogP contribution in [0.1, 0.15) is 19.8 Å². The van der Waals surface area contributed by atoms with E-state index in [1.807, 2.05) is 16.9 Å². The predicted octanol–water partition coefficient (Wildman–Crippen LogP) is 2.15. The molecule has 2 fully saturated rings. The Labute approximate surface area is 87.1 Å². The average molecular weight is 244 g/mol. The maximum Gasteiger partial charge on any atom is 0.223 e. The summed E-state index contributed by atoms with van der Waals surface area (Å²) in [4.78, 5) is 15.5. The van der Waals surface area contributed by atoms with Crippen molar-refractivity contribution in [3.05, 3.63) is 10.6 Å². The first-order chi connectivity index (χ1) is 6.15. The van der Waals surface area contributed by atoms with Gasteiger partial charge in [0.25, 0.3) is 0 Å².